The van der Waals surface area contributed by atoms with Gasteiger partial charge in [-0.1, -0.05) is 24.3 Å². The second-order valence-corrected chi connectivity index (χ2v) is 5.19. The predicted octanol–water partition coefficient (Wildman–Crippen LogP) is 3.76. The molecule has 0 aliphatic carbocycles. The molecule has 0 saturated heterocycles. The van der Waals surface area contributed by atoms with Crippen molar-refractivity contribution < 1.29 is 9.72 Å². The number of anilines is 1. The molecule has 120 valence electrons. The van der Waals surface area contributed by atoms with Crippen molar-refractivity contribution in [2.24, 2.45) is 0 Å². The van der Waals surface area contributed by atoms with Crippen molar-refractivity contribution in [1.29, 1.82) is 5.26 Å². The highest BCUT2D eigenvalue weighted by Crippen LogP contribution is 2.22. The Bertz CT molecular complexity index is 879. The molecule has 2 rings (SSSR count). The van der Waals surface area contributed by atoms with E-state index in [1.165, 1.54) is 24.3 Å². The van der Waals surface area contributed by atoms with Gasteiger partial charge in [0.2, 0.25) is 0 Å². The van der Waals surface area contributed by atoms with E-state index in [1.54, 1.807) is 24.3 Å². The fourth-order valence-electron chi connectivity index (χ4n) is 2.16. The van der Waals surface area contributed by atoms with Crippen LogP contribution in [0.1, 0.15) is 16.7 Å². The van der Waals surface area contributed by atoms with Gasteiger partial charge in [-0.05, 0) is 43.2 Å². The highest BCUT2D eigenvalue weighted by atomic mass is 16.6. The first-order chi connectivity index (χ1) is 11.4. The maximum absolute atomic E-state index is 12.3. The summed E-state index contributed by atoms with van der Waals surface area (Å²) < 4.78 is 0. The van der Waals surface area contributed by atoms with Crippen molar-refractivity contribution in [1.82, 2.24) is 0 Å². The van der Waals surface area contributed by atoms with Crippen LogP contribution in [-0.2, 0) is 4.79 Å². The molecule has 1 N–H and O–H groups in total. The molecular formula is C18H15N3O3. The van der Waals surface area contributed by atoms with Gasteiger partial charge in [0.25, 0.3) is 11.6 Å². The van der Waals surface area contributed by atoms with Gasteiger partial charge in [-0.3, -0.25) is 14.9 Å². The maximum Gasteiger partial charge on any atom is 0.276 e. The van der Waals surface area contributed by atoms with E-state index in [0.717, 1.165) is 11.1 Å². The number of para-hydroxylation sites is 1. The number of hydrogen-bond acceptors (Lipinski definition) is 4. The molecule has 2 aromatic carbocycles. The molecule has 1 amide bonds. The molecule has 0 heterocycles. The minimum absolute atomic E-state index is 0.162. The van der Waals surface area contributed by atoms with E-state index in [0.29, 0.717) is 5.69 Å². The van der Waals surface area contributed by atoms with Gasteiger partial charge in [0, 0.05) is 11.8 Å². The zero-order chi connectivity index (χ0) is 17.7. The molecule has 0 fully saturated rings. The van der Waals surface area contributed by atoms with Crippen LogP contribution in [0, 0.1) is 35.3 Å². The number of hydrogen-bond donors (Lipinski definition) is 1. The summed E-state index contributed by atoms with van der Waals surface area (Å²) in [6.07, 6.45) is 1.22. The van der Waals surface area contributed by atoms with E-state index < -0.39 is 10.8 Å². The summed E-state index contributed by atoms with van der Waals surface area (Å²) in [5.41, 5.74) is 2.34. The number of nitrogens with one attached hydrogen (secondary N) is 1. The zero-order valence-corrected chi connectivity index (χ0v) is 13.2. The van der Waals surface area contributed by atoms with Gasteiger partial charge in [0.1, 0.15) is 11.6 Å². The van der Waals surface area contributed by atoms with Crippen LogP contribution < -0.4 is 5.32 Å². The monoisotopic (exact) mass is 321 g/mol. The highest BCUT2D eigenvalue weighted by molar-refractivity contribution is 6.10. The van der Waals surface area contributed by atoms with Gasteiger partial charge in [-0.15, -0.1) is 0 Å². The van der Waals surface area contributed by atoms with Crippen molar-refractivity contribution in [3.8, 4) is 6.07 Å². The maximum atomic E-state index is 12.3. The Morgan fingerprint density at radius 1 is 1.21 bits per heavy atom. The third-order valence-electron chi connectivity index (χ3n) is 3.65. The summed E-state index contributed by atoms with van der Waals surface area (Å²) in [4.78, 5) is 22.8. The lowest BCUT2D eigenvalue weighted by molar-refractivity contribution is -0.385. The number of nitrogens with zero attached hydrogens (tertiary/aromatic N) is 2. The molecule has 0 atom stereocenters. The molecule has 0 bridgehead atoms. The minimum Gasteiger partial charge on any atom is -0.321 e. The van der Waals surface area contributed by atoms with Crippen molar-refractivity contribution in [3.05, 3.63) is 74.8 Å². The van der Waals surface area contributed by atoms with Gasteiger partial charge in [-0.2, -0.15) is 5.26 Å². The number of nitro groups is 1. The Hall–Kier alpha value is -3.46. The van der Waals surface area contributed by atoms with E-state index in [4.69, 9.17) is 0 Å². The average Bonchev–Trinajstić information content (AvgIpc) is 2.56. The van der Waals surface area contributed by atoms with Crippen molar-refractivity contribution in [2.75, 3.05) is 5.32 Å². The smallest absolute Gasteiger partial charge is 0.276 e. The molecule has 6 heteroatoms. The number of rotatable bonds is 4. The average molecular weight is 321 g/mol. The molecule has 0 aliphatic heterocycles. The summed E-state index contributed by atoms with van der Waals surface area (Å²) in [6, 6.07) is 13.2. The topological polar surface area (TPSA) is 96.0 Å². The number of nitriles is 1. The Morgan fingerprint density at radius 2 is 1.92 bits per heavy atom. The summed E-state index contributed by atoms with van der Waals surface area (Å²) in [5, 5.41) is 22.9. The normalized spacial score (nSPS) is 10.8. The molecule has 0 saturated carbocycles. The third kappa shape index (κ3) is 3.65. The quantitative estimate of drug-likeness (QED) is 0.401. The fraction of sp³-hybridized carbons (Fsp3) is 0.111. The first kappa shape index (κ1) is 16.9. The molecule has 6 nitrogen and oxygen atoms in total. The molecule has 0 radical (unpaired) electrons. The number of amides is 1. The van der Waals surface area contributed by atoms with Crippen LogP contribution >= 0.6 is 0 Å². The van der Waals surface area contributed by atoms with Crippen LogP contribution in [-0.4, -0.2) is 10.8 Å². The largest absolute Gasteiger partial charge is 0.321 e. The lowest BCUT2D eigenvalue weighted by Gasteiger charge is -2.09. The van der Waals surface area contributed by atoms with E-state index >= 15 is 0 Å². The second kappa shape index (κ2) is 7.20. The minimum atomic E-state index is -0.607. The van der Waals surface area contributed by atoms with Crippen LogP contribution in [0.25, 0.3) is 6.08 Å². The molecule has 0 aromatic heterocycles. The molecule has 2 aromatic rings. The van der Waals surface area contributed by atoms with E-state index in [1.807, 2.05) is 19.9 Å². The van der Waals surface area contributed by atoms with E-state index in [9.17, 15) is 20.2 Å². The predicted molar refractivity (Wildman–Crippen MR) is 91.2 cm³/mol. The van der Waals surface area contributed by atoms with Crippen molar-refractivity contribution >= 4 is 23.4 Å². The van der Waals surface area contributed by atoms with Crippen LogP contribution in [0.15, 0.2) is 48.0 Å². The van der Waals surface area contributed by atoms with Gasteiger partial charge in [-0.25, -0.2) is 0 Å². The summed E-state index contributed by atoms with van der Waals surface area (Å²) in [5.74, 6) is -0.607. The Kier molecular flexibility index (Phi) is 5.07. The van der Waals surface area contributed by atoms with Gasteiger partial charge < -0.3 is 5.32 Å². The Morgan fingerprint density at radius 3 is 2.58 bits per heavy atom. The van der Waals surface area contributed by atoms with Gasteiger partial charge in [0.15, 0.2) is 0 Å². The molecule has 24 heavy (non-hydrogen) atoms. The van der Waals surface area contributed by atoms with Gasteiger partial charge >= 0.3 is 0 Å². The SMILES string of the molecule is Cc1cccc(NC(=O)/C(C#N)=C/c2ccccc2[N+](=O)[O-])c1C. The number of nitro benzene ring substituents is 1. The van der Waals surface area contributed by atoms with Crippen LogP contribution in [0.4, 0.5) is 11.4 Å². The first-order valence-electron chi connectivity index (χ1n) is 7.17. The molecule has 0 spiro atoms. The van der Waals surface area contributed by atoms with Crippen molar-refractivity contribution in [2.45, 2.75) is 13.8 Å². The zero-order valence-electron chi connectivity index (χ0n) is 13.2. The van der Waals surface area contributed by atoms with Crippen LogP contribution in [0.5, 0.6) is 0 Å². The standard InChI is InChI=1S/C18H15N3O3/c1-12-6-5-8-16(13(12)2)20-18(22)15(11-19)10-14-7-3-4-9-17(14)21(23)24/h3-10H,1-2H3,(H,20,22)/b15-10+. The summed E-state index contributed by atoms with van der Waals surface area (Å²) >= 11 is 0. The summed E-state index contributed by atoms with van der Waals surface area (Å²) in [7, 11) is 0. The number of benzene rings is 2. The lowest BCUT2D eigenvalue weighted by atomic mass is 10.1. The fourth-order valence-corrected chi connectivity index (χ4v) is 2.16. The number of carbonyl (C=O) groups excluding carboxylic acids is 1. The van der Waals surface area contributed by atoms with Crippen molar-refractivity contribution in [3.63, 3.8) is 0 Å². The molecule has 0 aliphatic rings. The Balaban J connectivity index is 2.35. The number of carbonyl (C=O) groups is 1. The highest BCUT2D eigenvalue weighted by Gasteiger charge is 2.15. The van der Waals surface area contributed by atoms with E-state index in [2.05, 4.69) is 5.32 Å². The second-order valence-electron chi connectivity index (χ2n) is 5.19. The van der Waals surface area contributed by atoms with Gasteiger partial charge in [0.05, 0.1) is 10.5 Å². The van der Waals surface area contributed by atoms with E-state index in [-0.39, 0.29) is 16.8 Å². The molecule has 0 unspecified atom stereocenters. The first-order valence-corrected chi connectivity index (χ1v) is 7.17. The Labute approximate surface area is 139 Å². The molecular weight excluding hydrogens is 306 g/mol. The van der Waals surface area contributed by atoms with Crippen LogP contribution in [0.3, 0.4) is 0 Å². The summed E-state index contributed by atoms with van der Waals surface area (Å²) in [6.45, 7) is 3.78. The third-order valence-corrected chi connectivity index (χ3v) is 3.65. The van der Waals surface area contributed by atoms with Crippen LogP contribution in [0.2, 0.25) is 0 Å². The number of aryl methyl sites for hydroxylation is 1. The lowest BCUT2D eigenvalue weighted by Crippen LogP contribution is -2.14.